The fourth-order valence-electron chi connectivity index (χ4n) is 2.48. The van der Waals surface area contributed by atoms with Gasteiger partial charge in [-0.25, -0.2) is 4.98 Å². The Bertz CT molecular complexity index is 719. The predicted octanol–water partition coefficient (Wildman–Crippen LogP) is 3.25. The number of nitrogens with zero attached hydrogens (tertiary/aromatic N) is 1. The summed E-state index contributed by atoms with van der Waals surface area (Å²) >= 11 is 0. The molecule has 0 spiro atoms. The van der Waals surface area contributed by atoms with E-state index < -0.39 is 0 Å². The van der Waals surface area contributed by atoms with E-state index in [0.29, 0.717) is 44.2 Å². The second kappa shape index (κ2) is 10.3. The Morgan fingerprint density at radius 1 is 1.00 bits per heavy atom. The summed E-state index contributed by atoms with van der Waals surface area (Å²) in [5.41, 5.74) is 1.50. The van der Waals surface area contributed by atoms with Crippen LogP contribution < -0.4 is 19.5 Å². The molecule has 0 atom stereocenters. The van der Waals surface area contributed by atoms with Gasteiger partial charge in [0.05, 0.1) is 19.8 Å². The van der Waals surface area contributed by atoms with Gasteiger partial charge in [0.25, 0.3) is 5.91 Å². The first-order chi connectivity index (χ1) is 12.7. The highest BCUT2D eigenvalue weighted by molar-refractivity contribution is 5.96. The van der Waals surface area contributed by atoms with Gasteiger partial charge in [0, 0.05) is 12.7 Å². The molecule has 0 aliphatic carbocycles. The number of carbonyl (C=O) groups is 1. The number of rotatable bonds is 10. The number of pyridine rings is 1. The molecule has 0 aliphatic rings. The Hall–Kier alpha value is -2.76. The summed E-state index contributed by atoms with van der Waals surface area (Å²) < 4.78 is 16.6. The molecule has 2 aromatic rings. The molecular weight excluding hydrogens is 332 g/mol. The molecular formula is C20H26N2O4. The van der Waals surface area contributed by atoms with Crippen LogP contribution in [0, 0.1) is 0 Å². The third kappa shape index (κ3) is 5.37. The number of ether oxygens (including phenoxy) is 3. The molecule has 1 N–H and O–H groups in total. The van der Waals surface area contributed by atoms with Crippen LogP contribution in [0.15, 0.2) is 36.5 Å². The lowest BCUT2D eigenvalue weighted by molar-refractivity contribution is 0.0949. The Morgan fingerprint density at radius 2 is 1.73 bits per heavy atom. The average Bonchev–Trinajstić information content (AvgIpc) is 2.65. The normalized spacial score (nSPS) is 10.3. The van der Waals surface area contributed by atoms with E-state index in [-0.39, 0.29) is 5.91 Å². The molecule has 1 aromatic carbocycles. The average molecular weight is 358 g/mol. The molecule has 0 unspecified atom stereocenters. The Kier molecular flexibility index (Phi) is 7.74. The van der Waals surface area contributed by atoms with Gasteiger partial charge in [0.2, 0.25) is 5.88 Å². The van der Waals surface area contributed by atoms with Crippen LogP contribution in [0.25, 0.3) is 0 Å². The number of amides is 1. The van der Waals surface area contributed by atoms with E-state index in [4.69, 9.17) is 14.2 Å². The van der Waals surface area contributed by atoms with Gasteiger partial charge in [0.1, 0.15) is 5.56 Å². The molecule has 1 amide bonds. The number of carbonyl (C=O) groups excluding carboxylic acids is 1. The van der Waals surface area contributed by atoms with E-state index in [1.807, 2.05) is 39.0 Å². The summed E-state index contributed by atoms with van der Waals surface area (Å²) in [6, 6.07) is 9.27. The van der Waals surface area contributed by atoms with Crippen molar-refractivity contribution < 1.29 is 19.0 Å². The lowest BCUT2D eigenvalue weighted by Gasteiger charge is -2.13. The van der Waals surface area contributed by atoms with Crippen molar-refractivity contribution in [2.45, 2.75) is 27.2 Å². The van der Waals surface area contributed by atoms with Gasteiger partial charge in [0.15, 0.2) is 11.5 Å². The first kappa shape index (κ1) is 19.6. The van der Waals surface area contributed by atoms with E-state index in [2.05, 4.69) is 10.3 Å². The fraction of sp³-hybridized carbons (Fsp3) is 0.400. The lowest BCUT2D eigenvalue weighted by Crippen LogP contribution is -2.26. The third-order valence-electron chi connectivity index (χ3n) is 3.60. The van der Waals surface area contributed by atoms with Crippen LogP contribution in [-0.2, 0) is 6.42 Å². The van der Waals surface area contributed by atoms with Gasteiger partial charge in [-0.1, -0.05) is 6.07 Å². The van der Waals surface area contributed by atoms with Crippen LogP contribution in [0.2, 0.25) is 0 Å². The molecule has 0 bridgehead atoms. The molecule has 0 radical (unpaired) electrons. The van der Waals surface area contributed by atoms with Gasteiger partial charge in [-0.05, 0) is 57.0 Å². The SMILES string of the molecule is CCOc1ccc(CCNC(=O)c2cccnc2OCC)cc1OCC. The van der Waals surface area contributed by atoms with Crippen molar-refractivity contribution in [2.24, 2.45) is 0 Å². The highest BCUT2D eigenvalue weighted by Gasteiger charge is 2.13. The zero-order valence-corrected chi connectivity index (χ0v) is 15.6. The van der Waals surface area contributed by atoms with E-state index in [1.54, 1.807) is 18.3 Å². The largest absolute Gasteiger partial charge is 0.490 e. The molecule has 0 saturated carbocycles. The van der Waals surface area contributed by atoms with Crippen LogP contribution in [0.5, 0.6) is 17.4 Å². The van der Waals surface area contributed by atoms with Crippen LogP contribution in [0.1, 0.15) is 36.7 Å². The summed E-state index contributed by atoms with van der Waals surface area (Å²) in [6.07, 6.45) is 2.29. The summed E-state index contributed by atoms with van der Waals surface area (Å²) in [5.74, 6) is 1.62. The number of aromatic nitrogens is 1. The predicted molar refractivity (Wildman–Crippen MR) is 100 cm³/mol. The maximum atomic E-state index is 12.4. The molecule has 6 heteroatoms. The minimum atomic E-state index is -0.197. The number of benzene rings is 1. The van der Waals surface area contributed by atoms with Crippen molar-refractivity contribution in [3.05, 3.63) is 47.7 Å². The summed E-state index contributed by atoms with van der Waals surface area (Å²) in [7, 11) is 0. The van der Waals surface area contributed by atoms with Crippen molar-refractivity contribution >= 4 is 5.91 Å². The maximum Gasteiger partial charge on any atom is 0.256 e. The first-order valence-corrected chi connectivity index (χ1v) is 8.94. The monoisotopic (exact) mass is 358 g/mol. The number of hydrogen-bond donors (Lipinski definition) is 1. The molecule has 1 aromatic heterocycles. The van der Waals surface area contributed by atoms with Crippen molar-refractivity contribution in [3.63, 3.8) is 0 Å². The summed E-state index contributed by atoms with van der Waals surface area (Å²) in [5, 5.41) is 2.91. The summed E-state index contributed by atoms with van der Waals surface area (Å²) in [4.78, 5) is 16.5. The molecule has 26 heavy (non-hydrogen) atoms. The molecule has 140 valence electrons. The molecule has 2 rings (SSSR count). The Balaban J connectivity index is 1.97. The quantitative estimate of drug-likeness (QED) is 0.706. The van der Waals surface area contributed by atoms with Gasteiger partial charge in [-0.3, -0.25) is 4.79 Å². The minimum Gasteiger partial charge on any atom is -0.490 e. The second-order valence-electron chi connectivity index (χ2n) is 5.44. The highest BCUT2D eigenvalue weighted by atomic mass is 16.5. The van der Waals surface area contributed by atoms with Gasteiger partial charge >= 0.3 is 0 Å². The van der Waals surface area contributed by atoms with Crippen molar-refractivity contribution in [1.29, 1.82) is 0 Å². The van der Waals surface area contributed by atoms with E-state index in [9.17, 15) is 4.79 Å². The number of hydrogen-bond acceptors (Lipinski definition) is 5. The van der Waals surface area contributed by atoms with E-state index >= 15 is 0 Å². The molecule has 6 nitrogen and oxygen atoms in total. The van der Waals surface area contributed by atoms with Crippen LogP contribution >= 0.6 is 0 Å². The van der Waals surface area contributed by atoms with Crippen LogP contribution in [-0.4, -0.2) is 37.3 Å². The summed E-state index contributed by atoms with van der Waals surface area (Å²) in [6.45, 7) is 7.85. The topological polar surface area (TPSA) is 69.7 Å². The van der Waals surface area contributed by atoms with Crippen molar-refractivity contribution in [1.82, 2.24) is 10.3 Å². The van der Waals surface area contributed by atoms with Crippen molar-refractivity contribution in [2.75, 3.05) is 26.4 Å². The number of nitrogens with one attached hydrogen (secondary N) is 1. The molecule has 0 fully saturated rings. The zero-order chi connectivity index (χ0) is 18.8. The highest BCUT2D eigenvalue weighted by Crippen LogP contribution is 2.28. The zero-order valence-electron chi connectivity index (χ0n) is 15.6. The van der Waals surface area contributed by atoms with Crippen molar-refractivity contribution in [3.8, 4) is 17.4 Å². The van der Waals surface area contributed by atoms with Crippen LogP contribution in [0.3, 0.4) is 0 Å². The molecule has 1 heterocycles. The smallest absolute Gasteiger partial charge is 0.256 e. The second-order valence-corrected chi connectivity index (χ2v) is 5.44. The van der Waals surface area contributed by atoms with E-state index in [0.717, 1.165) is 17.1 Å². The van der Waals surface area contributed by atoms with E-state index in [1.165, 1.54) is 0 Å². The van der Waals surface area contributed by atoms with Gasteiger partial charge in [-0.2, -0.15) is 0 Å². The minimum absolute atomic E-state index is 0.197. The maximum absolute atomic E-state index is 12.4. The third-order valence-corrected chi connectivity index (χ3v) is 3.60. The standard InChI is InChI=1S/C20H26N2O4/c1-4-24-17-10-9-15(14-18(17)25-5-2)11-13-21-19(23)16-8-7-12-22-20(16)26-6-3/h7-10,12,14H,4-6,11,13H2,1-3H3,(H,21,23). The van der Waals surface area contributed by atoms with Gasteiger partial charge < -0.3 is 19.5 Å². The Morgan fingerprint density at radius 3 is 2.46 bits per heavy atom. The molecule has 0 saturated heterocycles. The Labute approximate surface area is 154 Å². The van der Waals surface area contributed by atoms with Crippen LogP contribution in [0.4, 0.5) is 0 Å². The first-order valence-electron chi connectivity index (χ1n) is 8.94. The lowest BCUT2D eigenvalue weighted by atomic mass is 10.1. The molecule has 0 aliphatic heterocycles. The van der Waals surface area contributed by atoms with Gasteiger partial charge in [-0.15, -0.1) is 0 Å². The fourth-order valence-corrected chi connectivity index (χ4v) is 2.48.